The van der Waals surface area contributed by atoms with E-state index in [0.717, 1.165) is 4.90 Å². The third-order valence-corrected chi connectivity index (χ3v) is 4.93. The highest BCUT2D eigenvalue weighted by molar-refractivity contribution is 6.22. The number of rotatable bonds is 1. The number of nitrogens with zero attached hydrogens (tertiary/aromatic N) is 2. The van der Waals surface area contributed by atoms with E-state index in [4.69, 9.17) is 4.74 Å². The molecule has 0 saturated carbocycles. The summed E-state index contributed by atoms with van der Waals surface area (Å²) in [5.74, 6) is -1.75. The smallest absolute Gasteiger partial charge is 0.330 e. The molecule has 2 saturated heterocycles. The molecule has 3 atom stereocenters. The molecule has 0 aromatic heterocycles. The topological polar surface area (TPSA) is 84.0 Å². The van der Waals surface area contributed by atoms with Crippen LogP contribution in [-0.4, -0.2) is 51.8 Å². The van der Waals surface area contributed by atoms with Gasteiger partial charge in [0, 0.05) is 6.42 Å². The number of ether oxygens (including phenoxy) is 1. The lowest BCUT2D eigenvalue weighted by Crippen LogP contribution is -2.52. The average molecular weight is 328 g/mol. The second kappa shape index (κ2) is 5.15. The first-order chi connectivity index (χ1) is 11.5. The number of benzene rings is 1. The highest BCUT2D eigenvalue weighted by Gasteiger charge is 2.50. The lowest BCUT2D eigenvalue weighted by atomic mass is 10.1. The van der Waals surface area contributed by atoms with Gasteiger partial charge in [0.15, 0.2) is 6.23 Å². The molecule has 3 aliphatic rings. The van der Waals surface area contributed by atoms with Gasteiger partial charge in [-0.2, -0.15) is 0 Å². The Morgan fingerprint density at radius 1 is 1.00 bits per heavy atom. The minimum atomic E-state index is -0.889. The van der Waals surface area contributed by atoms with Crippen molar-refractivity contribution in [2.45, 2.75) is 44.5 Å². The molecule has 0 radical (unpaired) electrons. The summed E-state index contributed by atoms with van der Waals surface area (Å²) in [5, 5.41) is 0. The molecular weight excluding hydrogens is 312 g/mol. The Hall–Kier alpha value is -2.70. The first-order valence-electron chi connectivity index (χ1n) is 8.00. The molecule has 7 nitrogen and oxygen atoms in total. The van der Waals surface area contributed by atoms with Crippen molar-refractivity contribution in [1.29, 1.82) is 0 Å². The zero-order valence-electron chi connectivity index (χ0n) is 13.1. The summed E-state index contributed by atoms with van der Waals surface area (Å²) in [7, 11) is 0. The monoisotopic (exact) mass is 328 g/mol. The highest BCUT2D eigenvalue weighted by Crippen LogP contribution is 2.33. The number of carbonyl (C=O) groups is 4. The van der Waals surface area contributed by atoms with Crippen molar-refractivity contribution in [2.75, 3.05) is 0 Å². The Balaban J connectivity index is 1.70. The fourth-order valence-electron chi connectivity index (χ4n) is 3.69. The number of imide groups is 1. The normalized spacial score (nSPS) is 29.5. The van der Waals surface area contributed by atoms with Gasteiger partial charge in [-0.05, 0) is 31.9 Å². The summed E-state index contributed by atoms with van der Waals surface area (Å²) in [6, 6.07) is 4.97. The summed E-state index contributed by atoms with van der Waals surface area (Å²) in [6.45, 7) is 1.60. The Morgan fingerprint density at radius 2 is 1.62 bits per heavy atom. The molecule has 3 aliphatic heterocycles. The molecule has 2 unspecified atom stereocenters. The lowest BCUT2D eigenvalue weighted by molar-refractivity contribution is -0.143. The molecule has 0 bridgehead atoms. The minimum Gasteiger partial charge on any atom is -0.440 e. The van der Waals surface area contributed by atoms with Gasteiger partial charge < -0.3 is 4.74 Å². The van der Waals surface area contributed by atoms with Crippen molar-refractivity contribution >= 4 is 23.7 Å². The van der Waals surface area contributed by atoms with Crippen molar-refractivity contribution < 1.29 is 23.9 Å². The molecular formula is C17H16N2O5. The van der Waals surface area contributed by atoms with Crippen molar-refractivity contribution in [2.24, 2.45) is 0 Å². The SMILES string of the molecule is C[C@H]1C(=O)OC2CCCC(N3C(=O)c4ccccc4C3=O)C(=O)N21. The Bertz CT molecular complexity index is 739. The van der Waals surface area contributed by atoms with Gasteiger partial charge in [0.1, 0.15) is 12.1 Å². The predicted octanol–water partition coefficient (Wildman–Crippen LogP) is 0.935. The van der Waals surface area contributed by atoms with Crippen molar-refractivity contribution in [1.82, 2.24) is 9.80 Å². The largest absolute Gasteiger partial charge is 0.440 e. The fourth-order valence-corrected chi connectivity index (χ4v) is 3.69. The molecule has 3 heterocycles. The van der Waals surface area contributed by atoms with Gasteiger partial charge in [-0.1, -0.05) is 12.1 Å². The van der Waals surface area contributed by atoms with Crippen LogP contribution in [0.15, 0.2) is 24.3 Å². The van der Waals surface area contributed by atoms with Crippen LogP contribution in [0.25, 0.3) is 0 Å². The van der Waals surface area contributed by atoms with Crippen LogP contribution in [0.5, 0.6) is 0 Å². The minimum absolute atomic E-state index is 0.317. The third-order valence-electron chi connectivity index (χ3n) is 4.93. The molecule has 3 amide bonds. The van der Waals surface area contributed by atoms with Gasteiger partial charge in [-0.3, -0.25) is 24.2 Å². The van der Waals surface area contributed by atoms with Gasteiger partial charge in [0.2, 0.25) is 5.91 Å². The van der Waals surface area contributed by atoms with E-state index in [-0.39, 0.29) is 0 Å². The van der Waals surface area contributed by atoms with E-state index in [2.05, 4.69) is 0 Å². The highest BCUT2D eigenvalue weighted by atomic mass is 16.6. The van der Waals surface area contributed by atoms with Crippen LogP contribution >= 0.6 is 0 Å². The van der Waals surface area contributed by atoms with E-state index in [1.807, 2.05) is 0 Å². The van der Waals surface area contributed by atoms with Crippen LogP contribution in [0.2, 0.25) is 0 Å². The summed E-state index contributed by atoms with van der Waals surface area (Å²) in [5.41, 5.74) is 0.635. The molecule has 24 heavy (non-hydrogen) atoms. The first-order valence-corrected chi connectivity index (χ1v) is 8.00. The maximum Gasteiger partial charge on any atom is 0.330 e. The first kappa shape index (κ1) is 14.9. The number of hydrogen-bond acceptors (Lipinski definition) is 5. The predicted molar refractivity (Wildman–Crippen MR) is 80.8 cm³/mol. The molecule has 4 rings (SSSR count). The van der Waals surface area contributed by atoms with E-state index in [1.165, 1.54) is 4.90 Å². The summed E-state index contributed by atoms with van der Waals surface area (Å²) < 4.78 is 5.23. The van der Waals surface area contributed by atoms with Gasteiger partial charge >= 0.3 is 5.97 Å². The van der Waals surface area contributed by atoms with Crippen molar-refractivity contribution in [3.05, 3.63) is 35.4 Å². The molecule has 0 spiro atoms. The fraction of sp³-hybridized carbons (Fsp3) is 0.412. The van der Waals surface area contributed by atoms with Crippen LogP contribution in [0.1, 0.15) is 46.9 Å². The van der Waals surface area contributed by atoms with Gasteiger partial charge in [-0.15, -0.1) is 0 Å². The van der Waals surface area contributed by atoms with E-state index in [9.17, 15) is 19.2 Å². The molecule has 1 aromatic rings. The summed E-state index contributed by atoms with van der Waals surface area (Å²) in [6.07, 6.45) is 0.883. The second-order valence-electron chi connectivity index (χ2n) is 6.29. The maximum absolute atomic E-state index is 13.0. The van der Waals surface area contributed by atoms with Gasteiger partial charge in [-0.25, -0.2) is 4.79 Å². The second-order valence-corrected chi connectivity index (χ2v) is 6.29. The number of fused-ring (bicyclic) bond motifs is 2. The van der Waals surface area contributed by atoms with Crippen LogP contribution in [0, 0.1) is 0 Å². The number of carbonyl (C=O) groups excluding carboxylic acids is 4. The van der Waals surface area contributed by atoms with Crippen LogP contribution < -0.4 is 0 Å². The Morgan fingerprint density at radius 3 is 2.25 bits per heavy atom. The number of amides is 3. The van der Waals surface area contributed by atoms with Crippen molar-refractivity contribution in [3.8, 4) is 0 Å². The van der Waals surface area contributed by atoms with Gasteiger partial charge in [0.25, 0.3) is 11.8 Å². The molecule has 0 N–H and O–H groups in total. The standard InChI is InChI=1S/C17H16N2O5/c1-9-17(23)24-13-8-4-7-12(16(22)18(9)13)19-14(20)10-5-2-3-6-11(10)15(19)21/h2-3,5-6,9,12-13H,4,7-8H2,1H3/t9-,12?,13?/m0/s1. The number of hydrogen-bond donors (Lipinski definition) is 0. The zero-order valence-corrected chi connectivity index (χ0v) is 13.1. The molecule has 7 heteroatoms. The molecule has 0 aliphatic carbocycles. The van der Waals surface area contributed by atoms with E-state index in [1.54, 1.807) is 31.2 Å². The summed E-state index contributed by atoms with van der Waals surface area (Å²) in [4.78, 5) is 52.4. The Kier molecular flexibility index (Phi) is 3.19. The summed E-state index contributed by atoms with van der Waals surface area (Å²) >= 11 is 0. The van der Waals surface area contributed by atoms with E-state index < -0.39 is 42.0 Å². The molecule has 124 valence electrons. The molecule has 2 fully saturated rings. The Labute approximate surface area is 138 Å². The van der Waals surface area contributed by atoms with Crippen LogP contribution in [-0.2, 0) is 14.3 Å². The van der Waals surface area contributed by atoms with Gasteiger partial charge in [0.05, 0.1) is 11.1 Å². The molecule has 1 aromatic carbocycles. The quantitative estimate of drug-likeness (QED) is 0.566. The van der Waals surface area contributed by atoms with E-state index >= 15 is 0 Å². The number of esters is 1. The van der Waals surface area contributed by atoms with Crippen LogP contribution in [0.4, 0.5) is 0 Å². The lowest BCUT2D eigenvalue weighted by Gasteiger charge is -2.29. The van der Waals surface area contributed by atoms with E-state index in [0.29, 0.717) is 30.4 Å². The maximum atomic E-state index is 13.0. The van der Waals surface area contributed by atoms with Crippen LogP contribution in [0.3, 0.4) is 0 Å². The third kappa shape index (κ3) is 1.90. The zero-order chi connectivity index (χ0) is 17.0. The average Bonchev–Trinajstić information content (AvgIpc) is 2.92. The van der Waals surface area contributed by atoms with Crippen molar-refractivity contribution in [3.63, 3.8) is 0 Å².